The van der Waals surface area contributed by atoms with E-state index in [0.717, 1.165) is 6.08 Å². The van der Waals surface area contributed by atoms with Gasteiger partial charge in [-0.1, -0.05) is 6.58 Å². The van der Waals surface area contributed by atoms with Crippen molar-refractivity contribution in [2.24, 2.45) is 5.92 Å². The second-order valence-electron chi connectivity index (χ2n) is 1.98. The smallest absolute Gasteiger partial charge is 0.249 e. The van der Waals surface area contributed by atoms with Crippen molar-refractivity contribution in [1.82, 2.24) is 5.32 Å². The van der Waals surface area contributed by atoms with Crippen molar-refractivity contribution >= 4 is 18.1 Å². The summed E-state index contributed by atoms with van der Waals surface area (Å²) in [6, 6.07) is 0. The van der Waals surface area contributed by atoms with Gasteiger partial charge in [-0.3, -0.25) is 14.9 Å². The first-order valence-corrected chi connectivity index (χ1v) is 3.04. The molecule has 1 N–H and O–H groups in total. The number of hydrogen-bond acceptors (Lipinski definition) is 3. The molecule has 0 bridgehead atoms. The van der Waals surface area contributed by atoms with E-state index in [9.17, 15) is 14.4 Å². The maximum atomic E-state index is 10.7. The van der Waals surface area contributed by atoms with Gasteiger partial charge >= 0.3 is 0 Å². The van der Waals surface area contributed by atoms with Crippen LogP contribution in [0.15, 0.2) is 12.7 Å². The number of nitrogens with one attached hydrogen (secondary N) is 1. The van der Waals surface area contributed by atoms with E-state index in [1.54, 1.807) is 0 Å². The summed E-state index contributed by atoms with van der Waals surface area (Å²) in [5.41, 5.74) is 0. The summed E-state index contributed by atoms with van der Waals surface area (Å²) in [6.45, 7) is 4.55. The molecule has 0 saturated heterocycles. The number of carbonyl (C=O) groups excluding carboxylic acids is 3. The zero-order chi connectivity index (χ0) is 8.85. The van der Waals surface area contributed by atoms with Gasteiger partial charge in [-0.25, -0.2) is 0 Å². The Bertz CT molecular complexity index is 198. The quantitative estimate of drug-likeness (QED) is 0.344. The lowest BCUT2D eigenvalue weighted by atomic mass is 10.2. The molecule has 0 spiro atoms. The van der Waals surface area contributed by atoms with Gasteiger partial charge in [0.15, 0.2) is 0 Å². The van der Waals surface area contributed by atoms with Gasteiger partial charge < -0.3 is 4.79 Å². The molecule has 1 unspecified atom stereocenters. The average Bonchev–Trinajstić information content (AvgIpc) is 2.02. The maximum absolute atomic E-state index is 10.7. The minimum Gasteiger partial charge on any atom is -0.303 e. The molecule has 0 aromatic rings. The molecule has 2 amide bonds. The Morgan fingerprint density at radius 2 is 2.09 bits per heavy atom. The minimum atomic E-state index is -0.793. The molecule has 0 aliphatic carbocycles. The van der Waals surface area contributed by atoms with Gasteiger partial charge in [0.05, 0.1) is 5.92 Å². The molecule has 4 heteroatoms. The zero-order valence-electron chi connectivity index (χ0n) is 6.16. The van der Waals surface area contributed by atoms with Crippen LogP contribution in [0.25, 0.3) is 0 Å². The lowest BCUT2D eigenvalue weighted by Crippen LogP contribution is -2.33. The molecule has 0 aromatic carbocycles. The number of imide groups is 1. The van der Waals surface area contributed by atoms with Crippen LogP contribution in [0.1, 0.15) is 6.92 Å². The number of amides is 2. The van der Waals surface area contributed by atoms with Crippen molar-refractivity contribution in [1.29, 1.82) is 0 Å². The van der Waals surface area contributed by atoms with Crippen LogP contribution in [0.5, 0.6) is 0 Å². The summed E-state index contributed by atoms with van der Waals surface area (Å²) < 4.78 is 0. The lowest BCUT2D eigenvalue weighted by molar-refractivity contribution is -0.132. The molecule has 0 aliphatic heterocycles. The summed E-state index contributed by atoms with van der Waals surface area (Å²) in [4.78, 5) is 31.2. The van der Waals surface area contributed by atoms with Crippen LogP contribution in [-0.4, -0.2) is 18.1 Å². The van der Waals surface area contributed by atoms with E-state index in [1.165, 1.54) is 6.92 Å². The third-order valence-corrected chi connectivity index (χ3v) is 1.05. The van der Waals surface area contributed by atoms with Gasteiger partial charge in [-0.2, -0.15) is 0 Å². The Morgan fingerprint density at radius 3 is 2.45 bits per heavy atom. The van der Waals surface area contributed by atoms with Crippen LogP contribution >= 0.6 is 0 Å². The van der Waals surface area contributed by atoms with Gasteiger partial charge in [-0.05, 0) is 13.0 Å². The summed E-state index contributed by atoms with van der Waals surface area (Å²) in [5, 5.41) is 1.95. The number of rotatable bonds is 3. The minimum absolute atomic E-state index is 0.464. The zero-order valence-corrected chi connectivity index (χ0v) is 6.16. The first-order chi connectivity index (χ1) is 5.11. The Morgan fingerprint density at radius 1 is 1.55 bits per heavy atom. The van der Waals surface area contributed by atoms with Crippen LogP contribution in [0.4, 0.5) is 0 Å². The highest BCUT2D eigenvalue weighted by atomic mass is 16.2. The number of hydrogen-bond donors (Lipinski definition) is 1. The molecule has 11 heavy (non-hydrogen) atoms. The number of aldehydes is 1. The predicted molar refractivity (Wildman–Crippen MR) is 38.6 cm³/mol. The Balaban J connectivity index is 3.96. The molecular formula is C7H9NO3. The Hall–Kier alpha value is -1.45. The van der Waals surface area contributed by atoms with Gasteiger partial charge in [0, 0.05) is 0 Å². The molecule has 1 atom stereocenters. The highest BCUT2D eigenvalue weighted by Gasteiger charge is 2.12. The van der Waals surface area contributed by atoms with Crippen LogP contribution in [-0.2, 0) is 14.4 Å². The third kappa shape index (κ3) is 3.30. The second kappa shape index (κ2) is 4.38. The van der Waals surface area contributed by atoms with Gasteiger partial charge in [0.25, 0.3) is 0 Å². The third-order valence-electron chi connectivity index (χ3n) is 1.05. The standard InChI is InChI=1S/C7H9NO3/c1-3-6(10)8-7(11)5(2)4-9/h3-5H,1H2,2H3,(H,8,10,11). The van der Waals surface area contributed by atoms with Gasteiger partial charge in [0.2, 0.25) is 11.8 Å². The molecule has 0 heterocycles. The van der Waals surface area contributed by atoms with E-state index >= 15 is 0 Å². The molecular weight excluding hydrogens is 146 g/mol. The topological polar surface area (TPSA) is 63.2 Å². The van der Waals surface area contributed by atoms with E-state index in [4.69, 9.17) is 0 Å². The normalized spacial score (nSPS) is 11.4. The first kappa shape index (κ1) is 9.55. The fourth-order valence-corrected chi connectivity index (χ4v) is 0.348. The lowest BCUT2D eigenvalue weighted by Gasteiger charge is -2.01. The van der Waals surface area contributed by atoms with Crippen LogP contribution in [0.2, 0.25) is 0 Å². The fourth-order valence-electron chi connectivity index (χ4n) is 0.348. The molecule has 4 nitrogen and oxygen atoms in total. The molecule has 0 saturated carbocycles. The molecule has 0 aromatic heterocycles. The van der Waals surface area contributed by atoms with E-state index in [2.05, 4.69) is 6.58 Å². The summed E-state index contributed by atoms with van der Waals surface area (Å²) in [5.74, 6) is -1.99. The highest BCUT2D eigenvalue weighted by Crippen LogP contribution is 1.87. The van der Waals surface area contributed by atoms with E-state index in [0.29, 0.717) is 6.29 Å². The fraction of sp³-hybridized carbons (Fsp3) is 0.286. The van der Waals surface area contributed by atoms with Gasteiger partial charge in [-0.15, -0.1) is 0 Å². The molecule has 60 valence electrons. The Labute approximate surface area is 64.3 Å². The molecule has 0 rings (SSSR count). The molecule has 0 aliphatic rings. The van der Waals surface area contributed by atoms with Crippen LogP contribution in [0.3, 0.4) is 0 Å². The van der Waals surface area contributed by atoms with E-state index in [1.807, 2.05) is 5.32 Å². The Kier molecular flexibility index (Phi) is 3.80. The van der Waals surface area contributed by atoms with Crippen molar-refractivity contribution in [3.8, 4) is 0 Å². The van der Waals surface area contributed by atoms with Crippen molar-refractivity contribution in [3.63, 3.8) is 0 Å². The van der Waals surface area contributed by atoms with Crippen molar-refractivity contribution < 1.29 is 14.4 Å². The van der Waals surface area contributed by atoms with Crippen molar-refractivity contribution in [2.75, 3.05) is 0 Å². The second-order valence-corrected chi connectivity index (χ2v) is 1.98. The molecule has 0 fully saturated rings. The van der Waals surface area contributed by atoms with E-state index in [-0.39, 0.29) is 0 Å². The van der Waals surface area contributed by atoms with Crippen molar-refractivity contribution in [3.05, 3.63) is 12.7 Å². The highest BCUT2D eigenvalue weighted by molar-refractivity contribution is 6.05. The SMILES string of the molecule is C=CC(=O)NC(=O)C(C)C=O. The summed E-state index contributed by atoms with van der Waals surface area (Å²) in [7, 11) is 0. The maximum Gasteiger partial charge on any atom is 0.249 e. The monoisotopic (exact) mass is 155 g/mol. The summed E-state index contributed by atoms with van der Waals surface area (Å²) >= 11 is 0. The van der Waals surface area contributed by atoms with E-state index < -0.39 is 17.7 Å². The van der Waals surface area contributed by atoms with Crippen molar-refractivity contribution in [2.45, 2.75) is 6.92 Å². The van der Waals surface area contributed by atoms with Crippen LogP contribution < -0.4 is 5.32 Å². The molecule has 0 radical (unpaired) electrons. The van der Waals surface area contributed by atoms with Gasteiger partial charge in [0.1, 0.15) is 6.29 Å². The van der Waals surface area contributed by atoms with Crippen LogP contribution in [0, 0.1) is 5.92 Å². The summed E-state index contributed by atoms with van der Waals surface area (Å²) in [6.07, 6.45) is 1.43. The number of carbonyl (C=O) groups is 3. The predicted octanol–water partition coefficient (Wildman–Crippen LogP) is -0.350. The largest absolute Gasteiger partial charge is 0.303 e. The average molecular weight is 155 g/mol. The first-order valence-electron chi connectivity index (χ1n) is 3.04.